The third kappa shape index (κ3) is 26.8. The molecule has 0 saturated heterocycles. The molecule has 0 spiro atoms. The first-order valence-corrected chi connectivity index (χ1v) is 12.9. The fourth-order valence-electron chi connectivity index (χ4n) is 2.80. The molecule has 0 heterocycles. The summed E-state index contributed by atoms with van der Waals surface area (Å²) in [6.07, 6.45) is 11.6. The van der Waals surface area contributed by atoms with Crippen LogP contribution in [0.1, 0.15) is 84.5 Å². The minimum absolute atomic E-state index is 0.202. The van der Waals surface area contributed by atoms with Crippen LogP contribution in [0, 0.1) is 0 Å². The first-order valence-electron chi connectivity index (χ1n) is 11.6. The maximum atomic E-state index is 11.9. The molecule has 0 aromatic heterocycles. The Labute approximate surface area is 195 Å². The molecule has 10 heteroatoms. The van der Waals surface area contributed by atoms with E-state index in [0.29, 0.717) is 13.0 Å². The van der Waals surface area contributed by atoms with Crippen LogP contribution in [0.2, 0.25) is 0 Å². The lowest BCUT2D eigenvalue weighted by molar-refractivity contribution is -0.870. The van der Waals surface area contributed by atoms with Gasteiger partial charge in [0.2, 0.25) is 10.4 Å². The zero-order valence-corrected chi connectivity index (χ0v) is 21.8. The Hall–Kier alpha value is -1.23. The third-order valence-electron chi connectivity index (χ3n) is 4.67. The maximum Gasteiger partial charge on any atom is 0.306 e. The highest BCUT2D eigenvalue weighted by Crippen LogP contribution is 2.11. The summed E-state index contributed by atoms with van der Waals surface area (Å²) in [4.78, 5) is 23.8. The van der Waals surface area contributed by atoms with Gasteiger partial charge in [-0.2, -0.15) is 0 Å². The van der Waals surface area contributed by atoms with Crippen LogP contribution in [0.15, 0.2) is 0 Å². The van der Waals surface area contributed by atoms with Gasteiger partial charge in [0.25, 0.3) is 5.91 Å². The molecule has 0 aromatic rings. The van der Waals surface area contributed by atoms with Gasteiger partial charge in [-0.05, 0) is 13.3 Å². The van der Waals surface area contributed by atoms with Crippen LogP contribution in [0.5, 0.6) is 0 Å². The van der Waals surface area contributed by atoms with Crippen molar-refractivity contribution in [1.29, 1.82) is 0 Å². The van der Waals surface area contributed by atoms with Crippen molar-refractivity contribution in [3.05, 3.63) is 0 Å². The van der Waals surface area contributed by atoms with Gasteiger partial charge < -0.3 is 19.1 Å². The van der Waals surface area contributed by atoms with E-state index < -0.39 is 16.5 Å². The topological polar surface area (TPSA) is 122 Å². The van der Waals surface area contributed by atoms with Crippen LogP contribution in [0.3, 0.4) is 0 Å². The molecular formula is C22H46N2O7S. The summed E-state index contributed by atoms with van der Waals surface area (Å²) >= 11 is 0. The third-order valence-corrected chi connectivity index (χ3v) is 5.08. The molecule has 1 N–H and O–H groups in total. The number of carbonyl (C=O) groups excluding carboxylic acids is 2. The van der Waals surface area contributed by atoms with E-state index in [4.69, 9.17) is 4.74 Å². The highest BCUT2D eigenvalue weighted by Gasteiger charge is 2.17. The number of esters is 1. The van der Waals surface area contributed by atoms with Crippen molar-refractivity contribution in [2.24, 2.45) is 0 Å². The first-order chi connectivity index (χ1) is 14.8. The number of amides is 1. The molecule has 0 saturated carbocycles. The predicted octanol–water partition coefficient (Wildman–Crippen LogP) is 3.14. The molecule has 0 rings (SSSR count). The van der Waals surface area contributed by atoms with Gasteiger partial charge in [-0.3, -0.25) is 13.8 Å². The second-order valence-electron chi connectivity index (χ2n) is 8.94. The van der Waals surface area contributed by atoms with Crippen molar-refractivity contribution in [2.45, 2.75) is 90.6 Å². The van der Waals surface area contributed by atoms with E-state index in [1.807, 2.05) is 0 Å². The van der Waals surface area contributed by atoms with Crippen LogP contribution in [0.4, 0.5) is 0 Å². The molecule has 0 aliphatic heterocycles. The summed E-state index contributed by atoms with van der Waals surface area (Å²) in [6.45, 7) is 5.49. The second-order valence-corrected chi connectivity index (χ2v) is 10.1. The number of ether oxygens (including phenoxy) is 1. The van der Waals surface area contributed by atoms with Crippen LogP contribution < -0.4 is 5.32 Å². The number of nitrogens with zero attached hydrogens (tertiary/aromatic N) is 1. The van der Waals surface area contributed by atoms with E-state index in [1.54, 1.807) is 6.92 Å². The second kappa shape index (κ2) is 19.3. The molecule has 192 valence electrons. The van der Waals surface area contributed by atoms with E-state index in [2.05, 4.69) is 37.6 Å². The number of hydrogen-bond donors (Lipinski definition) is 1. The summed E-state index contributed by atoms with van der Waals surface area (Å²) < 4.78 is 37.1. The molecular weight excluding hydrogens is 436 g/mol. The van der Waals surface area contributed by atoms with Crippen molar-refractivity contribution in [1.82, 2.24) is 5.32 Å². The Morgan fingerprint density at radius 1 is 0.938 bits per heavy atom. The quantitative estimate of drug-likeness (QED) is 0.111. The van der Waals surface area contributed by atoms with Crippen molar-refractivity contribution < 1.29 is 36.0 Å². The van der Waals surface area contributed by atoms with Crippen molar-refractivity contribution in [2.75, 3.05) is 41.3 Å². The lowest BCUT2D eigenvalue weighted by atomic mass is 10.1. The Morgan fingerprint density at radius 3 is 1.84 bits per heavy atom. The zero-order chi connectivity index (χ0) is 25.0. The smallest absolute Gasteiger partial charge is 0.306 e. The number of hydrogen-bond acceptors (Lipinski definition) is 7. The average Bonchev–Trinajstić information content (AvgIpc) is 2.69. The van der Waals surface area contributed by atoms with Crippen LogP contribution >= 0.6 is 0 Å². The molecule has 0 aliphatic carbocycles. The Bertz CT molecular complexity index is 590. The minimum Gasteiger partial charge on any atom is -0.726 e. The first kappa shape index (κ1) is 32.9. The van der Waals surface area contributed by atoms with Crippen LogP contribution in [-0.2, 0) is 28.9 Å². The van der Waals surface area contributed by atoms with E-state index in [1.165, 1.54) is 44.9 Å². The van der Waals surface area contributed by atoms with Crippen LogP contribution in [0.25, 0.3) is 0 Å². The number of rotatable bonds is 17. The Kier molecular flexibility index (Phi) is 19.8. The predicted molar refractivity (Wildman–Crippen MR) is 125 cm³/mol. The molecule has 32 heavy (non-hydrogen) atoms. The lowest BCUT2D eigenvalue weighted by Crippen LogP contribution is -2.40. The van der Waals surface area contributed by atoms with E-state index in [0.717, 1.165) is 37.4 Å². The van der Waals surface area contributed by atoms with E-state index >= 15 is 0 Å². The monoisotopic (exact) mass is 482 g/mol. The fraction of sp³-hybridized carbons (Fsp3) is 0.909. The summed E-state index contributed by atoms with van der Waals surface area (Å²) in [5.74, 6) is -0.464. The molecule has 1 atom stereocenters. The Morgan fingerprint density at radius 2 is 1.41 bits per heavy atom. The van der Waals surface area contributed by atoms with Gasteiger partial charge in [0, 0.05) is 19.4 Å². The SMILES string of the molecule is CCCCCCCCCCCC(=O)OC(C)C(=O)NCCC[N+](C)(C)C.COS(=O)(=O)[O-]. The van der Waals surface area contributed by atoms with Gasteiger partial charge in [0.15, 0.2) is 6.10 Å². The molecule has 0 aromatic carbocycles. The van der Waals surface area contributed by atoms with Gasteiger partial charge >= 0.3 is 5.97 Å². The number of carbonyl (C=O) groups is 2. The van der Waals surface area contributed by atoms with Crippen LogP contribution in [-0.4, -0.2) is 76.8 Å². The van der Waals surface area contributed by atoms with Gasteiger partial charge in [-0.1, -0.05) is 58.3 Å². The summed E-state index contributed by atoms with van der Waals surface area (Å²) in [7, 11) is 2.77. The molecule has 0 bridgehead atoms. The zero-order valence-electron chi connectivity index (χ0n) is 21.0. The van der Waals surface area contributed by atoms with Gasteiger partial charge in [-0.15, -0.1) is 0 Å². The number of unbranched alkanes of at least 4 members (excludes halogenated alkanes) is 8. The van der Waals surface area contributed by atoms with Gasteiger partial charge in [0.05, 0.1) is 34.8 Å². The molecule has 0 fully saturated rings. The molecule has 1 amide bonds. The minimum atomic E-state index is -4.41. The average molecular weight is 483 g/mol. The molecule has 0 radical (unpaired) electrons. The number of quaternary nitrogens is 1. The standard InChI is InChI=1S/C21H42N2O3.CH4O4S/c1-6-7-8-9-10-11-12-13-14-16-20(24)26-19(2)21(25)22-17-15-18-23(3,4)5;1-5-6(2,3)4/h19H,6-18H2,1-5H3;1H3,(H,2,3,4). The van der Waals surface area contributed by atoms with Gasteiger partial charge in [0.1, 0.15) is 0 Å². The lowest BCUT2D eigenvalue weighted by Gasteiger charge is -2.23. The van der Waals surface area contributed by atoms with Gasteiger partial charge in [-0.25, -0.2) is 8.42 Å². The number of nitrogens with one attached hydrogen (secondary N) is 1. The van der Waals surface area contributed by atoms with E-state index in [9.17, 15) is 22.6 Å². The highest BCUT2D eigenvalue weighted by atomic mass is 32.3. The van der Waals surface area contributed by atoms with E-state index in [-0.39, 0.29) is 11.9 Å². The maximum absolute atomic E-state index is 11.9. The molecule has 9 nitrogen and oxygen atoms in total. The largest absolute Gasteiger partial charge is 0.726 e. The van der Waals surface area contributed by atoms with Crippen molar-refractivity contribution >= 4 is 22.3 Å². The molecule has 1 unspecified atom stereocenters. The Balaban J connectivity index is 0. The van der Waals surface area contributed by atoms with Crippen molar-refractivity contribution in [3.63, 3.8) is 0 Å². The fourth-order valence-corrected chi connectivity index (χ4v) is 2.80. The molecule has 0 aliphatic rings. The summed E-state index contributed by atoms with van der Waals surface area (Å²) in [5, 5.41) is 2.84. The normalized spacial score (nSPS) is 12.5. The summed E-state index contributed by atoms with van der Waals surface area (Å²) in [5.41, 5.74) is 0. The summed E-state index contributed by atoms with van der Waals surface area (Å²) in [6, 6.07) is 0. The van der Waals surface area contributed by atoms with Crippen molar-refractivity contribution in [3.8, 4) is 0 Å². The highest BCUT2D eigenvalue weighted by molar-refractivity contribution is 7.80.